The Hall–Kier alpha value is -3.81. The zero-order chi connectivity index (χ0) is 25.3. The molecule has 0 atom stereocenters. The molecule has 10 nitrogen and oxygen atoms in total. The van der Waals surface area contributed by atoms with Crippen molar-refractivity contribution in [1.29, 1.82) is 5.26 Å². The molecule has 1 aliphatic rings. The van der Waals surface area contributed by atoms with Gasteiger partial charge in [0.1, 0.15) is 17.9 Å². The van der Waals surface area contributed by atoms with E-state index in [0.717, 1.165) is 43.7 Å². The fraction of sp³-hybridized carbons (Fsp3) is 0.423. The van der Waals surface area contributed by atoms with E-state index in [9.17, 15) is 5.26 Å². The van der Waals surface area contributed by atoms with E-state index in [-0.39, 0.29) is 6.10 Å². The van der Waals surface area contributed by atoms with Gasteiger partial charge in [0.05, 0.1) is 24.5 Å². The van der Waals surface area contributed by atoms with Gasteiger partial charge in [0, 0.05) is 38.2 Å². The second kappa shape index (κ2) is 12.2. The van der Waals surface area contributed by atoms with Crippen LogP contribution in [0.3, 0.4) is 0 Å². The number of hydrogen-bond donors (Lipinski definition) is 1. The van der Waals surface area contributed by atoms with Crippen LogP contribution in [0.2, 0.25) is 0 Å². The van der Waals surface area contributed by atoms with E-state index in [0.29, 0.717) is 42.0 Å². The second-order valence-corrected chi connectivity index (χ2v) is 8.97. The highest BCUT2D eigenvalue weighted by atomic mass is 16.5. The molecule has 1 N–H and O–H groups in total. The van der Waals surface area contributed by atoms with Gasteiger partial charge in [0.25, 0.3) is 0 Å². The van der Waals surface area contributed by atoms with E-state index in [1.165, 1.54) is 0 Å². The first kappa shape index (κ1) is 25.3. The molecule has 1 aliphatic heterocycles. The highest BCUT2D eigenvalue weighted by molar-refractivity contribution is 5.72. The summed E-state index contributed by atoms with van der Waals surface area (Å²) in [5, 5.41) is 21.4. The first-order chi connectivity index (χ1) is 17.5. The van der Waals surface area contributed by atoms with Gasteiger partial charge >= 0.3 is 0 Å². The first-order valence-electron chi connectivity index (χ1n) is 12.1. The van der Waals surface area contributed by atoms with Crippen molar-refractivity contribution in [3.63, 3.8) is 0 Å². The Bertz CT molecular complexity index is 1170. The molecule has 188 valence electrons. The Labute approximate surface area is 211 Å². The summed E-state index contributed by atoms with van der Waals surface area (Å²) >= 11 is 0. The van der Waals surface area contributed by atoms with Crippen molar-refractivity contribution in [2.75, 3.05) is 57.7 Å². The Kier molecular flexibility index (Phi) is 8.60. The van der Waals surface area contributed by atoms with Crippen LogP contribution in [0.1, 0.15) is 24.8 Å². The maximum Gasteiger partial charge on any atom is 0.228 e. The molecule has 0 unspecified atom stereocenters. The summed E-state index contributed by atoms with van der Waals surface area (Å²) in [5.41, 5.74) is 1.87. The average molecular weight is 489 g/mol. The summed E-state index contributed by atoms with van der Waals surface area (Å²) in [5.74, 6) is 2.27. The van der Waals surface area contributed by atoms with Gasteiger partial charge < -0.3 is 24.6 Å². The molecule has 36 heavy (non-hydrogen) atoms. The molecule has 1 saturated heterocycles. The zero-order valence-corrected chi connectivity index (χ0v) is 21.0. The summed E-state index contributed by atoms with van der Waals surface area (Å²) in [6, 6.07) is 13.3. The van der Waals surface area contributed by atoms with Crippen molar-refractivity contribution >= 4 is 17.6 Å². The molecule has 2 aromatic heterocycles. The molecule has 3 heterocycles. The van der Waals surface area contributed by atoms with Crippen molar-refractivity contribution in [3.8, 4) is 23.1 Å². The van der Waals surface area contributed by atoms with Gasteiger partial charge in [0.2, 0.25) is 5.95 Å². The van der Waals surface area contributed by atoms with Gasteiger partial charge in [-0.25, -0.2) is 9.97 Å². The predicted octanol–water partition coefficient (Wildman–Crippen LogP) is 3.49. The van der Waals surface area contributed by atoms with Crippen LogP contribution in [0.15, 0.2) is 42.6 Å². The maximum atomic E-state index is 9.68. The number of rotatable bonds is 10. The molecule has 1 aromatic carbocycles. The Morgan fingerprint density at radius 3 is 2.64 bits per heavy atom. The van der Waals surface area contributed by atoms with Crippen LogP contribution in [0, 0.1) is 11.3 Å². The normalized spacial score (nSPS) is 13.9. The molecule has 0 amide bonds. The lowest BCUT2D eigenvalue weighted by atomic mass is 10.1. The van der Waals surface area contributed by atoms with Crippen LogP contribution >= 0.6 is 0 Å². The minimum atomic E-state index is 0.00114. The smallest absolute Gasteiger partial charge is 0.228 e. The number of nitrogens with zero attached hydrogens (tertiary/aromatic N) is 7. The van der Waals surface area contributed by atoms with Gasteiger partial charge in [-0.3, -0.25) is 0 Å². The minimum absolute atomic E-state index is 0.00114. The summed E-state index contributed by atoms with van der Waals surface area (Å²) in [6.45, 7) is 3.22. The van der Waals surface area contributed by atoms with E-state index < -0.39 is 0 Å². The quantitative estimate of drug-likeness (QED) is 0.455. The van der Waals surface area contributed by atoms with Crippen LogP contribution in [0.4, 0.5) is 17.6 Å². The van der Waals surface area contributed by atoms with Gasteiger partial charge in [-0.15, -0.1) is 10.2 Å². The topological polar surface area (TPSA) is 112 Å². The van der Waals surface area contributed by atoms with Crippen LogP contribution in [0.25, 0.3) is 11.3 Å². The largest absolute Gasteiger partial charge is 0.488 e. The maximum absolute atomic E-state index is 9.68. The first-order valence-corrected chi connectivity index (χ1v) is 12.1. The Morgan fingerprint density at radius 2 is 1.92 bits per heavy atom. The van der Waals surface area contributed by atoms with Crippen LogP contribution in [-0.4, -0.2) is 78.6 Å². The molecule has 1 fully saturated rings. The van der Waals surface area contributed by atoms with Gasteiger partial charge in [0.15, 0.2) is 11.6 Å². The molecule has 3 aromatic rings. The van der Waals surface area contributed by atoms with Gasteiger partial charge in [-0.1, -0.05) is 6.07 Å². The molecular weight excluding hydrogens is 456 g/mol. The Morgan fingerprint density at radius 1 is 1.08 bits per heavy atom. The molecule has 0 spiro atoms. The monoisotopic (exact) mass is 488 g/mol. The number of hydrogen-bond acceptors (Lipinski definition) is 10. The Balaban J connectivity index is 1.49. The molecular formula is C26H32N8O2. The number of ether oxygens (including phenoxy) is 2. The van der Waals surface area contributed by atoms with Crippen LogP contribution in [-0.2, 0) is 4.74 Å². The van der Waals surface area contributed by atoms with Crippen molar-refractivity contribution in [3.05, 3.63) is 48.2 Å². The van der Waals surface area contributed by atoms with E-state index in [1.54, 1.807) is 18.3 Å². The molecule has 0 bridgehead atoms. The number of aromatic nitrogens is 4. The third kappa shape index (κ3) is 6.65. The highest BCUT2D eigenvalue weighted by Crippen LogP contribution is 2.34. The fourth-order valence-electron chi connectivity index (χ4n) is 3.93. The molecule has 10 heteroatoms. The third-order valence-corrected chi connectivity index (χ3v) is 5.90. The molecule has 0 saturated carbocycles. The van der Waals surface area contributed by atoms with Crippen molar-refractivity contribution in [2.24, 2.45) is 0 Å². The molecule has 4 rings (SSSR count). The lowest BCUT2D eigenvalue weighted by Crippen LogP contribution is -2.26. The van der Waals surface area contributed by atoms with Crippen molar-refractivity contribution in [1.82, 2.24) is 25.1 Å². The van der Waals surface area contributed by atoms with Crippen LogP contribution in [0.5, 0.6) is 5.75 Å². The average Bonchev–Trinajstić information content (AvgIpc) is 2.90. The lowest BCUT2D eigenvalue weighted by Gasteiger charge is -2.25. The second-order valence-electron chi connectivity index (χ2n) is 8.97. The van der Waals surface area contributed by atoms with Gasteiger partial charge in [-0.2, -0.15) is 5.26 Å². The SMILES string of the molecule is CN(C)CCCN(C)c1ccc(Nc2nccc(-c3cccc(C#N)c3OC3CCOCC3)n2)nn1. The van der Waals surface area contributed by atoms with Gasteiger partial charge in [-0.05, 0) is 57.4 Å². The summed E-state index contributed by atoms with van der Waals surface area (Å²) in [4.78, 5) is 13.2. The zero-order valence-electron chi connectivity index (χ0n) is 21.0. The number of para-hydroxylation sites is 1. The third-order valence-electron chi connectivity index (χ3n) is 5.90. The number of nitriles is 1. The molecule has 0 aliphatic carbocycles. The predicted molar refractivity (Wildman–Crippen MR) is 138 cm³/mol. The standard InChI is InChI=1S/C26H32N8O2/c1-33(2)14-5-15-34(3)24-9-8-23(31-32-24)30-26-28-13-10-22(29-26)21-7-4-6-19(18-27)25(21)36-20-11-16-35-17-12-20/h4,6-10,13,20H,5,11-12,14-17H2,1-3H3,(H,28,29,30,31). The van der Waals surface area contributed by atoms with Crippen molar-refractivity contribution < 1.29 is 9.47 Å². The summed E-state index contributed by atoms with van der Waals surface area (Å²) in [6.07, 6.45) is 4.28. The fourth-order valence-corrected chi connectivity index (χ4v) is 3.93. The number of nitrogens with one attached hydrogen (secondary N) is 1. The number of anilines is 3. The van der Waals surface area contributed by atoms with Crippen LogP contribution < -0.4 is 15.0 Å². The summed E-state index contributed by atoms with van der Waals surface area (Å²) in [7, 11) is 6.14. The van der Waals surface area contributed by atoms with E-state index in [4.69, 9.17) is 9.47 Å². The minimum Gasteiger partial charge on any atom is -0.488 e. The lowest BCUT2D eigenvalue weighted by molar-refractivity contribution is 0.0257. The number of benzene rings is 1. The molecule has 0 radical (unpaired) electrons. The highest BCUT2D eigenvalue weighted by Gasteiger charge is 2.20. The van der Waals surface area contributed by atoms with E-state index in [2.05, 4.69) is 55.4 Å². The van der Waals surface area contributed by atoms with Crippen molar-refractivity contribution in [2.45, 2.75) is 25.4 Å². The van der Waals surface area contributed by atoms with E-state index >= 15 is 0 Å². The van der Waals surface area contributed by atoms with E-state index in [1.807, 2.05) is 31.3 Å². The summed E-state index contributed by atoms with van der Waals surface area (Å²) < 4.78 is 11.7.